The van der Waals surface area contributed by atoms with E-state index in [2.05, 4.69) is 27.1 Å². The Morgan fingerprint density at radius 3 is 2.40 bits per heavy atom. The molecule has 3 N–H and O–H groups in total. The number of piperidine rings is 2. The van der Waals surface area contributed by atoms with E-state index in [1.165, 1.54) is 0 Å². The minimum absolute atomic E-state index is 0.0381. The van der Waals surface area contributed by atoms with E-state index >= 15 is 0 Å². The third-order valence-corrected chi connectivity index (χ3v) is 11.1. The molecule has 2 unspecified atom stereocenters. The molecule has 6 rings (SSSR count). The highest BCUT2D eigenvalue weighted by Crippen LogP contribution is 2.45. The number of hydrogen-bond acceptors (Lipinski definition) is 8. The number of quaternary nitrogens is 1. The van der Waals surface area contributed by atoms with Crippen LogP contribution in [0.3, 0.4) is 0 Å². The normalized spacial score (nSPS) is 29.0. The van der Waals surface area contributed by atoms with Crippen LogP contribution in [0, 0.1) is 0 Å². The van der Waals surface area contributed by atoms with Crippen LogP contribution in [-0.2, 0) is 17.8 Å². The molecule has 242 valence electrons. The van der Waals surface area contributed by atoms with Crippen LogP contribution in [0.2, 0.25) is 0 Å². The molecular weight excluding hydrogens is 570 g/mol. The van der Waals surface area contributed by atoms with Gasteiger partial charge in [0.2, 0.25) is 0 Å². The molecule has 4 heterocycles. The number of rotatable bonds is 7. The van der Waals surface area contributed by atoms with Crippen molar-refractivity contribution in [2.24, 2.45) is 0 Å². The highest BCUT2D eigenvalue weighted by Gasteiger charge is 2.61. The summed E-state index contributed by atoms with van der Waals surface area (Å²) in [6, 6.07) is 15.3. The Kier molecular flexibility index (Phi) is 9.15. The zero-order valence-corrected chi connectivity index (χ0v) is 26.4. The van der Waals surface area contributed by atoms with Crippen molar-refractivity contribution in [2.45, 2.75) is 62.8 Å². The van der Waals surface area contributed by atoms with Crippen LogP contribution in [0.25, 0.3) is 0 Å². The zero-order valence-electron chi connectivity index (χ0n) is 26.4. The summed E-state index contributed by atoms with van der Waals surface area (Å²) in [7, 11) is 2.17. The summed E-state index contributed by atoms with van der Waals surface area (Å²) in [5.41, 5.74) is 8.22. The van der Waals surface area contributed by atoms with E-state index in [0.29, 0.717) is 50.6 Å². The van der Waals surface area contributed by atoms with Crippen molar-refractivity contribution in [3.05, 3.63) is 59.7 Å². The van der Waals surface area contributed by atoms with E-state index < -0.39 is 11.8 Å². The first-order valence-corrected chi connectivity index (χ1v) is 16.4. The fraction of sp³-hybridized carbons (Fsp3) is 0.559. The van der Waals surface area contributed by atoms with E-state index in [-0.39, 0.29) is 36.1 Å². The summed E-state index contributed by atoms with van der Waals surface area (Å²) >= 11 is 0. The second-order valence-corrected chi connectivity index (χ2v) is 13.4. The second kappa shape index (κ2) is 13.1. The number of amides is 3. The molecule has 4 aliphatic rings. The molecule has 3 fully saturated rings. The first-order chi connectivity index (χ1) is 21.7. The second-order valence-electron chi connectivity index (χ2n) is 13.4. The Bertz CT molecular complexity index is 1370. The third-order valence-electron chi connectivity index (χ3n) is 11.1. The largest absolute Gasteiger partial charge is 0.498 e. The van der Waals surface area contributed by atoms with Crippen molar-refractivity contribution < 1.29 is 24.0 Å². The van der Waals surface area contributed by atoms with Gasteiger partial charge in [-0.15, -0.1) is 0 Å². The standard InChI is InChI=1S/C34H47N7O4/c1-37-15-11-29(12-16-37)38-18-20-39(21-19-38)34(14-23-42)24-30(40-17-10-27-4-2-3-5-31(27)36-32(40)43)13-22-41(34,33(44)45)25-26-6-8-28(35)9-7-26/h2-9,23,29-30H,10-22,24-25,35H2,1H3,(H-,36,43,44,45)/t30?,34?,41-/m0/s1. The van der Waals surface area contributed by atoms with Crippen LogP contribution >= 0.6 is 0 Å². The predicted molar refractivity (Wildman–Crippen MR) is 171 cm³/mol. The molecule has 0 aromatic heterocycles. The number of para-hydroxylation sites is 1. The summed E-state index contributed by atoms with van der Waals surface area (Å²) in [5.74, 6) is 0. The number of nitrogens with one attached hydrogen (secondary N) is 1. The van der Waals surface area contributed by atoms with Gasteiger partial charge in [-0.1, -0.05) is 30.3 Å². The maximum atomic E-state index is 13.7. The van der Waals surface area contributed by atoms with Crippen LogP contribution in [0.5, 0.6) is 0 Å². The zero-order chi connectivity index (χ0) is 31.6. The number of piperazine rings is 1. The van der Waals surface area contributed by atoms with Gasteiger partial charge in [-0.05, 0) is 63.2 Å². The summed E-state index contributed by atoms with van der Waals surface area (Å²) in [4.78, 5) is 48.9. The molecule has 11 heteroatoms. The first-order valence-electron chi connectivity index (χ1n) is 16.4. The van der Waals surface area contributed by atoms with Gasteiger partial charge in [0.25, 0.3) is 6.09 Å². The summed E-state index contributed by atoms with van der Waals surface area (Å²) in [6.07, 6.45) is 3.54. The van der Waals surface area contributed by atoms with Crippen molar-refractivity contribution in [1.29, 1.82) is 0 Å². The number of carbonyl (C=O) groups is 3. The van der Waals surface area contributed by atoms with Gasteiger partial charge in [-0.3, -0.25) is 9.38 Å². The number of nitrogens with two attached hydrogens (primary N) is 1. The molecule has 0 bridgehead atoms. The van der Waals surface area contributed by atoms with E-state index in [1.807, 2.05) is 41.3 Å². The van der Waals surface area contributed by atoms with Crippen molar-refractivity contribution >= 4 is 29.8 Å². The van der Waals surface area contributed by atoms with Crippen LogP contribution in [0.4, 0.5) is 21.0 Å². The highest BCUT2D eigenvalue weighted by atomic mass is 16.4. The Morgan fingerprint density at radius 1 is 1.00 bits per heavy atom. The Balaban J connectivity index is 1.33. The summed E-state index contributed by atoms with van der Waals surface area (Å²) < 4.78 is -0.379. The lowest BCUT2D eigenvalue weighted by atomic mass is 9.82. The lowest BCUT2D eigenvalue weighted by Crippen LogP contribution is -2.81. The molecule has 2 aromatic carbocycles. The number of likely N-dealkylation sites (tertiary alicyclic amines) is 2. The molecule has 3 saturated heterocycles. The van der Waals surface area contributed by atoms with E-state index in [0.717, 1.165) is 62.1 Å². The van der Waals surface area contributed by atoms with Gasteiger partial charge in [0, 0.05) is 74.6 Å². The molecule has 3 amide bonds. The van der Waals surface area contributed by atoms with Crippen LogP contribution in [0.1, 0.15) is 43.2 Å². The lowest BCUT2D eigenvalue weighted by molar-refractivity contribution is -0.956. The number of nitrogens with zero attached hydrogens (tertiary/aromatic N) is 5. The molecule has 0 aliphatic carbocycles. The summed E-state index contributed by atoms with van der Waals surface area (Å²) in [6.45, 7) is 6.04. The van der Waals surface area contributed by atoms with Crippen molar-refractivity contribution in [3.8, 4) is 0 Å². The van der Waals surface area contributed by atoms with Gasteiger partial charge >= 0.3 is 6.03 Å². The summed E-state index contributed by atoms with van der Waals surface area (Å²) in [5, 5.41) is 16.7. The molecule has 3 atom stereocenters. The first kappa shape index (κ1) is 31.5. The number of aldehydes is 1. The van der Waals surface area contributed by atoms with E-state index in [4.69, 9.17) is 5.73 Å². The molecule has 11 nitrogen and oxygen atoms in total. The number of anilines is 2. The minimum Gasteiger partial charge on any atom is -0.498 e. The van der Waals surface area contributed by atoms with Gasteiger partial charge < -0.3 is 35.5 Å². The van der Waals surface area contributed by atoms with Crippen molar-refractivity contribution in [2.75, 3.05) is 70.5 Å². The maximum Gasteiger partial charge on any atom is 0.322 e. The molecule has 2 aromatic rings. The molecular formula is C34H47N7O4. The maximum absolute atomic E-state index is 13.7. The Labute approximate surface area is 266 Å². The lowest BCUT2D eigenvalue weighted by Gasteiger charge is -2.62. The fourth-order valence-corrected chi connectivity index (χ4v) is 8.51. The van der Waals surface area contributed by atoms with Crippen molar-refractivity contribution in [3.63, 3.8) is 0 Å². The van der Waals surface area contributed by atoms with Gasteiger partial charge in [-0.2, -0.15) is 0 Å². The molecule has 0 spiro atoms. The quantitative estimate of drug-likeness (QED) is 0.275. The Hall–Kier alpha value is -3.51. The number of urea groups is 1. The molecule has 0 radical (unpaired) electrons. The number of carboxylic acid groups (broad SMARTS) is 1. The monoisotopic (exact) mass is 617 g/mol. The third kappa shape index (κ3) is 6.06. The van der Waals surface area contributed by atoms with Gasteiger partial charge in [0.15, 0.2) is 5.66 Å². The average molecular weight is 618 g/mol. The van der Waals surface area contributed by atoms with Crippen LogP contribution in [0.15, 0.2) is 48.5 Å². The number of hydrogen-bond donors (Lipinski definition) is 2. The van der Waals surface area contributed by atoms with Gasteiger partial charge in [0.1, 0.15) is 12.8 Å². The number of carbonyl (C=O) groups excluding carboxylic acids is 3. The SMILES string of the molecule is CN1CCC(N2CCN(C3(CC=O)CC(N4CCc5ccccc5NC4=O)CC[N@+]3(Cc3ccc(N)cc3)C(=O)[O-])CC2)CC1. The van der Waals surface area contributed by atoms with E-state index in [9.17, 15) is 19.5 Å². The van der Waals surface area contributed by atoms with Crippen LogP contribution < -0.4 is 16.2 Å². The van der Waals surface area contributed by atoms with Crippen molar-refractivity contribution in [1.82, 2.24) is 19.6 Å². The minimum atomic E-state index is -1.18. The topological polar surface area (TPSA) is 125 Å². The van der Waals surface area contributed by atoms with Crippen LogP contribution in [-0.4, -0.2) is 120 Å². The predicted octanol–water partition coefficient (Wildman–Crippen LogP) is 2.18. The Morgan fingerprint density at radius 2 is 1.71 bits per heavy atom. The number of nitrogen functional groups attached to an aromatic ring is 1. The number of fused-ring (bicyclic) bond motifs is 1. The highest BCUT2D eigenvalue weighted by molar-refractivity contribution is 5.91. The average Bonchev–Trinajstić information content (AvgIpc) is 3.21. The number of benzene rings is 2. The molecule has 0 saturated carbocycles. The van der Waals surface area contributed by atoms with Gasteiger partial charge in [0.05, 0.1) is 13.0 Å². The molecule has 4 aliphatic heterocycles. The fourth-order valence-electron chi connectivity index (χ4n) is 8.51. The van der Waals surface area contributed by atoms with E-state index in [1.54, 1.807) is 12.1 Å². The van der Waals surface area contributed by atoms with Gasteiger partial charge in [-0.25, -0.2) is 9.69 Å². The molecule has 45 heavy (non-hydrogen) atoms. The smallest absolute Gasteiger partial charge is 0.322 e.